The van der Waals surface area contributed by atoms with Gasteiger partial charge in [0.2, 0.25) is 0 Å². The Balaban J connectivity index is 2.78. The first-order valence-corrected chi connectivity index (χ1v) is 8.66. The molecule has 5 nitrogen and oxygen atoms in total. The first-order valence-electron chi connectivity index (χ1n) is 8.66. The Kier molecular flexibility index (Phi) is 9.76. The fourth-order valence-corrected chi connectivity index (χ4v) is 2.70. The second-order valence-corrected chi connectivity index (χ2v) is 6.57. The van der Waals surface area contributed by atoms with Crippen LogP contribution in [0.25, 0.3) is 0 Å². The Morgan fingerprint density at radius 1 is 1.12 bits per heavy atom. The molecule has 3 N–H and O–H groups in total. The van der Waals surface area contributed by atoms with Crippen molar-refractivity contribution in [3.63, 3.8) is 0 Å². The van der Waals surface area contributed by atoms with Crippen LogP contribution in [0.1, 0.15) is 32.3 Å². The number of aliphatic hydroxyl groups excluding tert-OH is 1. The summed E-state index contributed by atoms with van der Waals surface area (Å²) >= 11 is 0. The normalized spacial score (nSPS) is 13.8. The van der Waals surface area contributed by atoms with Crippen LogP contribution in [0, 0.1) is 11.8 Å². The van der Waals surface area contributed by atoms with Crippen LogP contribution in [0.4, 0.5) is 0 Å². The molecule has 0 saturated heterocycles. The fourth-order valence-electron chi connectivity index (χ4n) is 2.70. The van der Waals surface area contributed by atoms with Crippen molar-refractivity contribution < 1.29 is 19.3 Å². The molecule has 2 atom stereocenters. The number of ether oxygens (including phenoxy) is 3. The molecule has 0 aliphatic carbocycles. The molecular weight excluding hydrogens is 306 g/mol. The Bertz CT molecular complexity index is 465. The summed E-state index contributed by atoms with van der Waals surface area (Å²) in [6.45, 7) is 5.69. The molecule has 5 heteroatoms. The third-order valence-corrected chi connectivity index (χ3v) is 4.26. The van der Waals surface area contributed by atoms with E-state index in [1.165, 1.54) is 5.56 Å². The van der Waals surface area contributed by atoms with Gasteiger partial charge in [-0.2, -0.15) is 0 Å². The van der Waals surface area contributed by atoms with E-state index in [-0.39, 0.29) is 12.6 Å². The highest BCUT2D eigenvalue weighted by Crippen LogP contribution is 2.31. The predicted octanol–water partition coefficient (Wildman–Crippen LogP) is 2.63. The average molecular weight is 339 g/mol. The van der Waals surface area contributed by atoms with Crippen molar-refractivity contribution >= 4 is 0 Å². The molecule has 1 aromatic carbocycles. The molecule has 0 radical (unpaired) electrons. The van der Waals surface area contributed by atoms with Crippen molar-refractivity contribution in [3.05, 3.63) is 23.8 Å². The van der Waals surface area contributed by atoms with Crippen molar-refractivity contribution in [3.8, 4) is 11.5 Å². The number of benzene rings is 1. The van der Waals surface area contributed by atoms with Gasteiger partial charge in [-0.25, -0.2) is 0 Å². The van der Waals surface area contributed by atoms with Crippen LogP contribution in [-0.4, -0.2) is 45.2 Å². The van der Waals surface area contributed by atoms with Crippen molar-refractivity contribution in [1.29, 1.82) is 0 Å². The monoisotopic (exact) mass is 339 g/mol. The van der Waals surface area contributed by atoms with Crippen molar-refractivity contribution in [2.45, 2.75) is 39.2 Å². The molecule has 0 unspecified atom stereocenters. The van der Waals surface area contributed by atoms with E-state index in [0.717, 1.165) is 30.8 Å². The first kappa shape index (κ1) is 20.7. The minimum Gasteiger partial charge on any atom is -0.493 e. The standard InChI is InChI=1S/C19H33NO4/c1-14(2)16(12-17(20)13-21)10-15-6-7-18(23-4)19(11-15)24-9-5-8-22-3/h6-7,11,14,16-17,21H,5,8-10,12-13,20H2,1-4H3/t16-,17-/m0/s1. The van der Waals surface area contributed by atoms with Gasteiger partial charge in [0.1, 0.15) is 0 Å². The van der Waals surface area contributed by atoms with Crippen LogP contribution < -0.4 is 15.2 Å². The predicted molar refractivity (Wildman–Crippen MR) is 96.7 cm³/mol. The Morgan fingerprint density at radius 2 is 1.88 bits per heavy atom. The highest BCUT2D eigenvalue weighted by Gasteiger charge is 2.18. The summed E-state index contributed by atoms with van der Waals surface area (Å²) < 4.78 is 16.3. The molecule has 1 aromatic rings. The summed E-state index contributed by atoms with van der Waals surface area (Å²) in [5.41, 5.74) is 7.12. The Hall–Kier alpha value is -1.30. The van der Waals surface area contributed by atoms with Gasteiger partial charge in [-0.3, -0.25) is 0 Å². The van der Waals surface area contributed by atoms with Crippen molar-refractivity contribution in [2.75, 3.05) is 34.0 Å². The van der Waals surface area contributed by atoms with E-state index in [9.17, 15) is 5.11 Å². The second-order valence-electron chi connectivity index (χ2n) is 6.57. The summed E-state index contributed by atoms with van der Waals surface area (Å²) in [6.07, 6.45) is 2.55. The topological polar surface area (TPSA) is 73.9 Å². The molecule has 0 saturated carbocycles. The molecule has 1 rings (SSSR count). The van der Waals surface area contributed by atoms with Crippen LogP contribution in [0.3, 0.4) is 0 Å². The lowest BCUT2D eigenvalue weighted by molar-refractivity contribution is 0.170. The van der Waals surface area contributed by atoms with E-state index in [4.69, 9.17) is 19.9 Å². The third-order valence-electron chi connectivity index (χ3n) is 4.26. The molecule has 0 heterocycles. The molecule has 0 amide bonds. The van der Waals surface area contributed by atoms with Gasteiger partial charge in [0.25, 0.3) is 0 Å². The van der Waals surface area contributed by atoms with Crippen LogP contribution in [0.2, 0.25) is 0 Å². The van der Waals surface area contributed by atoms with Crippen molar-refractivity contribution in [2.24, 2.45) is 17.6 Å². The van der Waals surface area contributed by atoms with Crippen molar-refractivity contribution in [1.82, 2.24) is 0 Å². The smallest absolute Gasteiger partial charge is 0.161 e. The molecule has 0 aliphatic heterocycles. The minimum absolute atomic E-state index is 0.0275. The summed E-state index contributed by atoms with van der Waals surface area (Å²) in [7, 11) is 3.33. The number of aliphatic hydroxyl groups is 1. The first-order chi connectivity index (χ1) is 11.5. The van der Waals surface area contributed by atoms with E-state index in [1.807, 2.05) is 12.1 Å². The van der Waals surface area contributed by atoms with E-state index >= 15 is 0 Å². The van der Waals surface area contributed by atoms with E-state index < -0.39 is 0 Å². The zero-order valence-corrected chi connectivity index (χ0v) is 15.5. The number of methoxy groups -OCH3 is 2. The minimum atomic E-state index is -0.166. The quantitative estimate of drug-likeness (QED) is 0.573. The Labute approximate surface area is 146 Å². The SMILES string of the molecule is COCCCOc1cc(C[C@@H](C[C@H](N)CO)C(C)C)ccc1OC. The zero-order chi connectivity index (χ0) is 17.9. The highest BCUT2D eigenvalue weighted by atomic mass is 16.5. The molecule has 0 bridgehead atoms. The molecular formula is C19H33NO4. The lowest BCUT2D eigenvalue weighted by Crippen LogP contribution is -2.30. The Morgan fingerprint density at radius 3 is 2.46 bits per heavy atom. The summed E-state index contributed by atoms with van der Waals surface area (Å²) in [5.74, 6) is 2.42. The molecule has 24 heavy (non-hydrogen) atoms. The van der Waals surface area contributed by atoms with Gasteiger partial charge in [-0.1, -0.05) is 19.9 Å². The lowest BCUT2D eigenvalue weighted by Gasteiger charge is -2.24. The maximum atomic E-state index is 9.21. The van der Waals surface area contributed by atoms with Gasteiger partial charge in [0.05, 0.1) is 20.3 Å². The highest BCUT2D eigenvalue weighted by molar-refractivity contribution is 5.43. The van der Waals surface area contributed by atoms with Gasteiger partial charge < -0.3 is 25.1 Å². The van der Waals surface area contributed by atoms with Gasteiger partial charge >= 0.3 is 0 Å². The molecule has 138 valence electrons. The number of hydrogen-bond donors (Lipinski definition) is 2. The lowest BCUT2D eigenvalue weighted by atomic mass is 9.84. The van der Waals surface area contributed by atoms with Gasteiger partial charge in [-0.15, -0.1) is 0 Å². The largest absolute Gasteiger partial charge is 0.493 e. The van der Waals surface area contributed by atoms with E-state index in [1.54, 1.807) is 14.2 Å². The fraction of sp³-hybridized carbons (Fsp3) is 0.684. The second kappa shape index (κ2) is 11.3. The van der Waals surface area contributed by atoms with Crippen LogP contribution in [0.5, 0.6) is 11.5 Å². The van der Waals surface area contributed by atoms with Crippen LogP contribution in [-0.2, 0) is 11.2 Å². The third kappa shape index (κ3) is 7.07. The van der Waals surface area contributed by atoms with Crippen LogP contribution >= 0.6 is 0 Å². The maximum absolute atomic E-state index is 9.21. The average Bonchev–Trinajstić information content (AvgIpc) is 2.58. The number of nitrogens with two attached hydrogens (primary N) is 1. The van der Waals surface area contributed by atoms with Gasteiger partial charge in [0.15, 0.2) is 11.5 Å². The summed E-state index contributed by atoms with van der Waals surface area (Å²) in [6, 6.07) is 5.90. The molecule has 0 spiro atoms. The van der Waals surface area contributed by atoms with E-state index in [0.29, 0.717) is 25.0 Å². The molecule has 0 aromatic heterocycles. The van der Waals surface area contributed by atoms with Gasteiger partial charge in [0, 0.05) is 26.2 Å². The van der Waals surface area contributed by atoms with Crippen LogP contribution in [0.15, 0.2) is 18.2 Å². The van der Waals surface area contributed by atoms with Gasteiger partial charge in [-0.05, 0) is 42.4 Å². The number of hydrogen-bond acceptors (Lipinski definition) is 5. The maximum Gasteiger partial charge on any atom is 0.161 e. The summed E-state index contributed by atoms with van der Waals surface area (Å²) in [4.78, 5) is 0. The zero-order valence-electron chi connectivity index (χ0n) is 15.5. The summed E-state index contributed by atoms with van der Waals surface area (Å²) in [5, 5.41) is 9.21. The number of rotatable bonds is 12. The molecule has 0 aliphatic rings. The van der Waals surface area contributed by atoms with E-state index in [2.05, 4.69) is 19.9 Å². The molecule has 0 fully saturated rings.